The fraction of sp³-hybridized carbons (Fsp3) is 0.941. The molecule has 0 aromatic heterocycles. The van der Waals surface area contributed by atoms with E-state index in [9.17, 15) is 4.79 Å². The lowest BCUT2D eigenvalue weighted by atomic mass is 9.90. The second kappa shape index (κ2) is 8.14. The molecular formula is C17H35N3O. The maximum Gasteiger partial charge on any atom is 0.237 e. The number of hydrogen-bond acceptors (Lipinski definition) is 3. The zero-order valence-electron chi connectivity index (χ0n) is 14.6. The van der Waals surface area contributed by atoms with Crippen LogP contribution in [-0.2, 0) is 4.79 Å². The topological polar surface area (TPSA) is 58.4 Å². The minimum absolute atomic E-state index is 0.248. The molecule has 3 N–H and O–H groups in total. The van der Waals surface area contributed by atoms with E-state index in [-0.39, 0.29) is 11.9 Å². The van der Waals surface area contributed by atoms with Crippen molar-refractivity contribution in [1.29, 1.82) is 0 Å². The minimum atomic E-state index is -0.632. The third kappa shape index (κ3) is 5.59. The van der Waals surface area contributed by atoms with Crippen LogP contribution in [0.2, 0.25) is 0 Å². The molecule has 2 atom stereocenters. The van der Waals surface area contributed by atoms with Gasteiger partial charge in [0.15, 0.2) is 0 Å². The Morgan fingerprint density at radius 1 is 1.24 bits per heavy atom. The molecular weight excluding hydrogens is 262 g/mol. The van der Waals surface area contributed by atoms with Crippen molar-refractivity contribution >= 4 is 5.91 Å². The highest BCUT2D eigenvalue weighted by Crippen LogP contribution is 2.25. The highest BCUT2D eigenvalue weighted by atomic mass is 16.1. The lowest BCUT2D eigenvalue weighted by Gasteiger charge is -2.38. The van der Waals surface area contributed by atoms with Crippen molar-refractivity contribution in [3.8, 4) is 0 Å². The molecule has 4 heteroatoms. The minimum Gasteiger partial charge on any atom is -0.368 e. The molecule has 0 saturated heterocycles. The summed E-state index contributed by atoms with van der Waals surface area (Å²) in [4.78, 5) is 14.4. The molecule has 1 saturated carbocycles. The third-order valence-electron chi connectivity index (χ3n) is 4.95. The average molecular weight is 297 g/mol. The molecule has 0 bridgehead atoms. The average Bonchev–Trinajstić information content (AvgIpc) is 2.65. The fourth-order valence-corrected chi connectivity index (χ4v) is 3.63. The Labute approximate surface area is 130 Å². The van der Waals surface area contributed by atoms with Crippen molar-refractivity contribution in [3.05, 3.63) is 0 Å². The normalized spacial score (nSPS) is 22.0. The fourth-order valence-electron chi connectivity index (χ4n) is 3.63. The maximum atomic E-state index is 11.9. The van der Waals surface area contributed by atoms with E-state index in [0.29, 0.717) is 12.1 Å². The van der Waals surface area contributed by atoms with Gasteiger partial charge in [-0.15, -0.1) is 0 Å². The summed E-state index contributed by atoms with van der Waals surface area (Å²) in [5.74, 6) is -0.252. The van der Waals surface area contributed by atoms with Gasteiger partial charge in [-0.2, -0.15) is 0 Å². The summed E-state index contributed by atoms with van der Waals surface area (Å²) in [5.41, 5.74) is 5.02. The first-order chi connectivity index (χ1) is 9.76. The molecule has 21 heavy (non-hydrogen) atoms. The van der Waals surface area contributed by atoms with Gasteiger partial charge in [0.25, 0.3) is 0 Å². The number of rotatable bonds is 7. The molecule has 124 valence electrons. The Morgan fingerprint density at radius 3 is 2.19 bits per heavy atom. The van der Waals surface area contributed by atoms with E-state index in [0.717, 1.165) is 6.42 Å². The van der Waals surface area contributed by atoms with Gasteiger partial charge in [-0.3, -0.25) is 4.79 Å². The summed E-state index contributed by atoms with van der Waals surface area (Å²) in [5, 5.41) is 3.36. The number of nitrogens with zero attached hydrogens (tertiary/aromatic N) is 1. The molecule has 1 aliphatic carbocycles. The van der Waals surface area contributed by atoms with Gasteiger partial charge in [-0.05, 0) is 54.0 Å². The largest absolute Gasteiger partial charge is 0.368 e. The summed E-state index contributed by atoms with van der Waals surface area (Å²) in [6, 6.07) is 1.24. The number of nitrogens with two attached hydrogens (primary N) is 1. The monoisotopic (exact) mass is 297 g/mol. The first-order valence-electron chi connectivity index (χ1n) is 8.56. The number of carbonyl (C=O) groups excluding carboxylic acids is 1. The van der Waals surface area contributed by atoms with Crippen LogP contribution in [0.15, 0.2) is 0 Å². The summed E-state index contributed by atoms with van der Waals surface area (Å²) in [7, 11) is 2.21. The first-order valence-corrected chi connectivity index (χ1v) is 8.56. The molecule has 1 amide bonds. The van der Waals surface area contributed by atoms with E-state index in [1.165, 1.54) is 38.5 Å². The molecule has 2 unspecified atom stereocenters. The SMILES string of the molecule is CC(C)NC(C)(CC(C)N(C)C1CCCCCC1)C(N)=O. The molecule has 0 aromatic carbocycles. The van der Waals surface area contributed by atoms with Crippen molar-refractivity contribution in [2.45, 2.75) is 96.3 Å². The number of hydrogen-bond donors (Lipinski definition) is 2. The first kappa shape index (κ1) is 18.4. The van der Waals surface area contributed by atoms with Gasteiger partial charge >= 0.3 is 0 Å². The van der Waals surface area contributed by atoms with E-state index in [2.05, 4.69) is 38.0 Å². The molecule has 0 spiro atoms. The number of primary amides is 1. The van der Waals surface area contributed by atoms with Crippen LogP contribution in [-0.4, -0.2) is 41.5 Å². The van der Waals surface area contributed by atoms with Crippen molar-refractivity contribution in [1.82, 2.24) is 10.2 Å². The van der Waals surface area contributed by atoms with Gasteiger partial charge in [0, 0.05) is 18.1 Å². The molecule has 1 fully saturated rings. The lowest BCUT2D eigenvalue weighted by molar-refractivity contribution is -0.125. The Morgan fingerprint density at radius 2 is 1.76 bits per heavy atom. The molecule has 0 aromatic rings. The molecule has 1 rings (SSSR count). The molecule has 0 radical (unpaired) electrons. The zero-order chi connectivity index (χ0) is 16.0. The molecule has 0 aliphatic heterocycles. The third-order valence-corrected chi connectivity index (χ3v) is 4.95. The van der Waals surface area contributed by atoms with Gasteiger partial charge in [0.05, 0.1) is 5.54 Å². The molecule has 1 aliphatic rings. The van der Waals surface area contributed by atoms with E-state index in [4.69, 9.17) is 5.73 Å². The van der Waals surface area contributed by atoms with Gasteiger partial charge < -0.3 is 16.0 Å². The molecule has 4 nitrogen and oxygen atoms in total. The number of nitrogens with one attached hydrogen (secondary N) is 1. The van der Waals surface area contributed by atoms with Crippen LogP contribution in [0.1, 0.15) is 72.6 Å². The summed E-state index contributed by atoms with van der Waals surface area (Å²) in [6.07, 6.45) is 8.72. The van der Waals surface area contributed by atoms with Crippen LogP contribution in [0, 0.1) is 0 Å². The van der Waals surface area contributed by atoms with Crippen LogP contribution in [0.25, 0.3) is 0 Å². The van der Waals surface area contributed by atoms with Crippen molar-refractivity contribution < 1.29 is 4.79 Å². The smallest absolute Gasteiger partial charge is 0.237 e. The van der Waals surface area contributed by atoms with Crippen LogP contribution in [0.3, 0.4) is 0 Å². The standard InChI is InChI=1S/C17H35N3O/c1-13(2)19-17(4,16(18)21)12-14(3)20(5)15-10-8-6-7-9-11-15/h13-15,19H,6-12H2,1-5H3,(H2,18,21). The molecule has 0 heterocycles. The van der Waals surface area contributed by atoms with Gasteiger partial charge in [-0.1, -0.05) is 25.7 Å². The van der Waals surface area contributed by atoms with E-state index < -0.39 is 5.54 Å². The van der Waals surface area contributed by atoms with Gasteiger partial charge in [0.2, 0.25) is 5.91 Å². The summed E-state index contributed by atoms with van der Waals surface area (Å²) >= 11 is 0. The van der Waals surface area contributed by atoms with Crippen molar-refractivity contribution in [2.75, 3.05) is 7.05 Å². The number of carbonyl (C=O) groups is 1. The van der Waals surface area contributed by atoms with E-state index in [1.807, 2.05) is 6.92 Å². The van der Waals surface area contributed by atoms with Crippen LogP contribution < -0.4 is 11.1 Å². The lowest BCUT2D eigenvalue weighted by Crippen LogP contribution is -2.58. The summed E-state index contributed by atoms with van der Waals surface area (Å²) in [6.45, 7) is 8.27. The quantitative estimate of drug-likeness (QED) is 0.710. The van der Waals surface area contributed by atoms with Crippen LogP contribution >= 0.6 is 0 Å². The number of amides is 1. The van der Waals surface area contributed by atoms with Crippen LogP contribution in [0.5, 0.6) is 0 Å². The van der Waals surface area contributed by atoms with Gasteiger partial charge in [-0.25, -0.2) is 0 Å². The van der Waals surface area contributed by atoms with E-state index in [1.54, 1.807) is 0 Å². The Bertz CT molecular complexity index is 324. The van der Waals surface area contributed by atoms with Crippen molar-refractivity contribution in [2.24, 2.45) is 5.73 Å². The second-order valence-corrected chi connectivity index (χ2v) is 7.36. The highest BCUT2D eigenvalue weighted by molar-refractivity contribution is 5.84. The van der Waals surface area contributed by atoms with Crippen LogP contribution in [0.4, 0.5) is 0 Å². The maximum absolute atomic E-state index is 11.9. The second-order valence-electron chi connectivity index (χ2n) is 7.36. The Hall–Kier alpha value is -0.610. The Kier molecular flexibility index (Phi) is 7.14. The predicted octanol–water partition coefficient (Wildman–Crippen LogP) is 2.66. The zero-order valence-corrected chi connectivity index (χ0v) is 14.6. The van der Waals surface area contributed by atoms with Crippen molar-refractivity contribution in [3.63, 3.8) is 0 Å². The highest BCUT2D eigenvalue weighted by Gasteiger charge is 2.35. The predicted molar refractivity (Wildman–Crippen MR) is 89.2 cm³/mol. The summed E-state index contributed by atoms with van der Waals surface area (Å²) < 4.78 is 0. The van der Waals surface area contributed by atoms with Gasteiger partial charge in [0.1, 0.15) is 0 Å². The Balaban J connectivity index is 2.67. The van der Waals surface area contributed by atoms with E-state index >= 15 is 0 Å².